The number of amides is 1. The number of likely N-dealkylation sites (tertiary alicyclic amines) is 1. The third-order valence-electron chi connectivity index (χ3n) is 5.57. The number of hydrogen-bond donors (Lipinski definition) is 0. The molecule has 2 aromatic heterocycles. The second kappa shape index (κ2) is 8.43. The molecule has 7 heteroatoms. The number of carbonyl (C=O) groups is 1. The van der Waals surface area contributed by atoms with Crippen LogP contribution in [0, 0.1) is 5.92 Å². The van der Waals surface area contributed by atoms with Crippen molar-refractivity contribution in [3.63, 3.8) is 0 Å². The summed E-state index contributed by atoms with van der Waals surface area (Å²) in [5.41, 5.74) is 1.05. The SMILES string of the molecule is CC(C(=O)N1CCC(Cc2ccccc2)CC1)n1nc(-n2cccn2)ccc1=O. The fourth-order valence-electron chi connectivity index (χ4n) is 3.89. The molecule has 1 amide bonds. The first kappa shape index (κ1) is 19.1. The Morgan fingerprint density at radius 3 is 2.55 bits per heavy atom. The van der Waals surface area contributed by atoms with Crippen molar-refractivity contribution in [2.75, 3.05) is 13.1 Å². The topological polar surface area (TPSA) is 73.0 Å². The summed E-state index contributed by atoms with van der Waals surface area (Å²) >= 11 is 0. The number of rotatable bonds is 5. The van der Waals surface area contributed by atoms with Crippen molar-refractivity contribution in [2.45, 2.75) is 32.2 Å². The van der Waals surface area contributed by atoms with Gasteiger partial charge in [0.2, 0.25) is 5.91 Å². The first-order valence-electron chi connectivity index (χ1n) is 10.0. The Morgan fingerprint density at radius 1 is 1.10 bits per heavy atom. The van der Waals surface area contributed by atoms with Crippen LogP contribution in [0.25, 0.3) is 5.82 Å². The fourth-order valence-corrected chi connectivity index (χ4v) is 3.89. The molecule has 3 heterocycles. The van der Waals surface area contributed by atoms with Gasteiger partial charge in [0.1, 0.15) is 6.04 Å². The van der Waals surface area contributed by atoms with Crippen molar-refractivity contribution in [3.05, 3.63) is 76.8 Å². The lowest BCUT2D eigenvalue weighted by Crippen LogP contribution is -2.44. The predicted molar refractivity (Wildman–Crippen MR) is 110 cm³/mol. The fraction of sp³-hybridized carbons (Fsp3) is 0.364. The minimum Gasteiger partial charge on any atom is -0.341 e. The van der Waals surface area contributed by atoms with E-state index in [1.54, 1.807) is 36.1 Å². The third-order valence-corrected chi connectivity index (χ3v) is 5.57. The van der Waals surface area contributed by atoms with E-state index in [1.807, 2.05) is 11.0 Å². The van der Waals surface area contributed by atoms with Gasteiger partial charge in [-0.3, -0.25) is 9.59 Å². The summed E-state index contributed by atoms with van der Waals surface area (Å²) < 4.78 is 2.83. The molecular formula is C22H25N5O2. The van der Waals surface area contributed by atoms with Crippen molar-refractivity contribution < 1.29 is 4.79 Å². The molecule has 0 saturated carbocycles. The van der Waals surface area contributed by atoms with Crippen LogP contribution in [-0.4, -0.2) is 43.5 Å². The summed E-state index contributed by atoms with van der Waals surface area (Å²) in [6.07, 6.45) is 6.39. The Hall–Kier alpha value is -3.22. The van der Waals surface area contributed by atoms with Gasteiger partial charge in [0.15, 0.2) is 5.82 Å². The lowest BCUT2D eigenvalue weighted by Gasteiger charge is -2.33. The molecule has 29 heavy (non-hydrogen) atoms. The Morgan fingerprint density at radius 2 is 1.86 bits per heavy atom. The molecule has 7 nitrogen and oxygen atoms in total. The van der Waals surface area contributed by atoms with Gasteiger partial charge in [0.25, 0.3) is 5.56 Å². The summed E-state index contributed by atoms with van der Waals surface area (Å²) in [6, 6.07) is 14.7. The number of hydrogen-bond acceptors (Lipinski definition) is 4. The lowest BCUT2D eigenvalue weighted by molar-refractivity contribution is -0.136. The summed E-state index contributed by atoms with van der Waals surface area (Å²) in [5, 5.41) is 8.50. The van der Waals surface area contributed by atoms with E-state index < -0.39 is 6.04 Å². The summed E-state index contributed by atoms with van der Waals surface area (Å²) in [4.78, 5) is 27.2. The number of piperidine rings is 1. The highest BCUT2D eigenvalue weighted by Crippen LogP contribution is 2.23. The zero-order chi connectivity index (χ0) is 20.2. The molecule has 1 unspecified atom stereocenters. The van der Waals surface area contributed by atoms with Crippen LogP contribution in [-0.2, 0) is 11.2 Å². The minimum atomic E-state index is -0.649. The first-order valence-corrected chi connectivity index (χ1v) is 10.0. The van der Waals surface area contributed by atoms with Gasteiger partial charge in [0, 0.05) is 31.5 Å². The van der Waals surface area contributed by atoms with E-state index >= 15 is 0 Å². The Kier molecular flexibility index (Phi) is 5.55. The van der Waals surface area contributed by atoms with Crippen LogP contribution in [0.4, 0.5) is 0 Å². The van der Waals surface area contributed by atoms with E-state index in [4.69, 9.17) is 0 Å². The maximum atomic E-state index is 13.0. The monoisotopic (exact) mass is 391 g/mol. The predicted octanol–water partition coefficient (Wildman–Crippen LogP) is 2.47. The van der Waals surface area contributed by atoms with Gasteiger partial charge in [-0.2, -0.15) is 5.10 Å². The Balaban J connectivity index is 1.41. The van der Waals surface area contributed by atoms with E-state index in [9.17, 15) is 9.59 Å². The lowest BCUT2D eigenvalue weighted by atomic mass is 9.90. The molecule has 1 atom stereocenters. The number of carbonyl (C=O) groups excluding carboxylic acids is 1. The molecule has 0 N–H and O–H groups in total. The van der Waals surface area contributed by atoms with Crippen molar-refractivity contribution >= 4 is 5.91 Å². The first-order chi connectivity index (χ1) is 14.1. The zero-order valence-corrected chi connectivity index (χ0v) is 16.5. The zero-order valence-electron chi connectivity index (χ0n) is 16.5. The smallest absolute Gasteiger partial charge is 0.267 e. The Bertz CT molecular complexity index is 1010. The standard InChI is InChI=1S/C22H25N5O2/c1-17(27-21(28)9-8-20(24-27)26-13-5-12-23-26)22(29)25-14-10-19(11-15-25)16-18-6-3-2-4-7-18/h2-9,12-13,17,19H,10-11,14-16H2,1H3. The number of benzene rings is 1. The van der Waals surface area contributed by atoms with E-state index in [-0.39, 0.29) is 11.5 Å². The van der Waals surface area contributed by atoms with Gasteiger partial charge in [-0.1, -0.05) is 30.3 Å². The molecule has 1 saturated heterocycles. The van der Waals surface area contributed by atoms with Gasteiger partial charge in [-0.05, 0) is 49.8 Å². The molecule has 1 aliphatic heterocycles. The van der Waals surface area contributed by atoms with Gasteiger partial charge in [-0.25, -0.2) is 9.36 Å². The molecule has 4 rings (SSSR count). The molecule has 1 aliphatic rings. The van der Waals surface area contributed by atoms with E-state index in [0.717, 1.165) is 19.3 Å². The maximum Gasteiger partial charge on any atom is 0.267 e. The summed E-state index contributed by atoms with van der Waals surface area (Å²) in [5.74, 6) is 1.03. The third kappa shape index (κ3) is 4.29. The van der Waals surface area contributed by atoms with E-state index in [2.05, 4.69) is 34.5 Å². The van der Waals surface area contributed by atoms with Gasteiger partial charge < -0.3 is 4.90 Å². The minimum absolute atomic E-state index is 0.0598. The summed E-state index contributed by atoms with van der Waals surface area (Å²) in [7, 11) is 0. The van der Waals surface area contributed by atoms with Crippen LogP contribution in [0.1, 0.15) is 31.4 Å². The van der Waals surface area contributed by atoms with Crippen molar-refractivity contribution in [1.82, 2.24) is 24.5 Å². The van der Waals surface area contributed by atoms with E-state index in [1.165, 1.54) is 16.3 Å². The average Bonchev–Trinajstić information content (AvgIpc) is 3.29. The van der Waals surface area contributed by atoms with Crippen molar-refractivity contribution in [3.8, 4) is 5.82 Å². The molecular weight excluding hydrogens is 366 g/mol. The molecule has 0 spiro atoms. The average molecular weight is 391 g/mol. The molecule has 3 aromatic rings. The summed E-state index contributed by atoms with van der Waals surface area (Å²) in [6.45, 7) is 3.17. The van der Waals surface area contributed by atoms with Crippen LogP contribution in [0.15, 0.2) is 65.7 Å². The molecule has 0 radical (unpaired) electrons. The van der Waals surface area contributed by atoms with Gasteiger partial charge in [0.05, 0.1) is 0 Å². The van der Waals surface area contributed by atoms with Crippen LogP contribution >= 0.6 is 0 Å². The maximum absolute atomic E-state index is 13.0. The van der Waals surface area contributed by atoms with Gasteiger partial charge >= 0.3 is 0 Å². The highest BCUT2D eigenvalue weighted by molar-refractivity contribution is 5.80. The molecule has 0 aliphatic carbocycles. The quantitative estimate of drug-likeness (QED) is 0.670. The van der Waals surface area contributed by atoms with Crippen molar-refractivity contribution in [2.24, 2.45) is 5.92 Å². The normalized spacial score (nSPS) is 16.0. The molecule has 1 fully saturated rings. The van der Waals surface area contributed by atoms with Crippen LogP contribution < -0.4 is 5.56 Å². The van der Waals surface area contributed by atoms with Crippen LogP contribution in [0.3, 0.4) is 0 Å². The Labute approximate surface area is 169 Å². The van der Waals surface area contributed by atoms with Gasteiger partial charge in [-0.15, -0.1) is 5.10 Å². The molecule has 150 valence electrons. The second-order valence-corrected chi connectivity index (χ2v) is 7.56. The second-order valence-electron chi connectivity index (χ2n) is 7.56. The highest BCUT2D eigenvalue weighted by Gasteiger charge is 2.28. The number of aromatic nitrogens is 4. The molecule has 0 bridgehead atoms. The largest absolute Gasteiger partial charge is 0.341 e. The van der Waals surface area contributed by atoms with Crippen LogP contribution in [0.2, 0.25) is 0 Å². The highest BCUT2D eigenvalue weighted by atomic mass is 16.2. The van der Waals surface area contributed by atoms with Crippen molar-refractivity contribution in [1.29, 1.82) is 0 Å². The molecule has 1 aromatic carbocycles. The number of nitrogens with zero attached hydrogens (tertiary/aromatic N) is 5. The van der Waals surface area contributed by atoms with Crippen LogP contribution in [0.5, 0.6) is 0 Å². The van der Waals surface area contributed by atoms with E-state index in [0.29, 0.717) is 24.8 Å².